The first kappa shape index (κ1) is 15.2. The second kappa shape index (κ2) is 6.99. The van der Waals surface area contributed by atoms with Crippen molar-refractivity contribution in [3.05, 3.63) is 65.0 Å². The number of benzene rings is 2. The van der Waals surface area contributed by atoms with Crippen molar-refractivity contribution < 1.29 is 18.7 Å². The SMILES string of the molecule is COCCOc1ccccc1C(=O)c1ccc(F)cc1C. The molecule has 0 spiro atoms. The minimum atomic E-state index is -0.353. The zero-order valence-corrected chi connectivity index (χ0v) is 12.1. The molecule has 21 heavy (non-hydrogen) atoms. The number of rotatable bonds is 6. The lowest BCUT2D eigenvalue weighted by Gasteiger charge is -2.11. The van der Waals surface area contributed by atoms with Gasteiger partial charge < -0.3 is 9.47 Å². The summed E-state index contributed by atoms with van der Waals surface area (Å²) in [6.45, 7) is 2.52. The number of para-hydroxylation sites is 1. The molecule has 110 valence electrons. The van der Waals surface area contributed by atoms with Crippen molar-refractivity contribution in [3.8, 4) is 5.75 Å². The molecule has 0 atom stereocenters. The van der Waals surface area contributed by atoms with Gasteiger partial charge in [0.15, 0.2) is 5.78 Å². The molecule has 0 radical (unpaired) electrons. The molecule has 0 heterocycles. The topological polar surface area (TPSA) is 35.5 Å². The average molecular weight is 288 g/mol. The lowest BCUT2D eigenvalue weighted by Crippen LogP contribution is -2.10. The third kappa shape index (κ3) is 3.67. The number of hydrogen-bond donors (Lipinski definition) is 0. The molecule has 0 amide bonds. The normalized spacial score (nSPS) is 10.4. The lowest BCUT2D eigenvalue weighted by atomic mass is 9.98. The Hall–Kier alpha value is -2.20. The van der Waals surface area contributed by atoms with Gasteiger partial charge in [-0.2, -0.15) is 0 Å². The van der Waals surface area contributed by atoms with E-state index < -0.39 is 0 Å². The predicted octanol–water partition coefficient (Wildman–Crippen LogP) is 3.39. The van der Waals surface area contributed by atoms with E-state index in [1.54, 1.807) is 38.3 Å². The second-order valence-corrected chi connectivity index (χ2v) is 4.63. The van der Waals surface area contributed by atoms with Crippen molar-refractivity contribution in [2.24, 2.45) is 0 Å². The van der Waals surface area contributed by atoms with Gasteiger partial charge in [-0.25, -0.2) is 4.39 Å². The van der Waals surface area contributed by atoms with Crippen LogP contribution in [0.25, 0.3) is 0 Å². The molecule has 2 aromatic carbocycles. The summed E-state index contributed by atoms with van der Waals surface area (Å²) in [4.78, 5) is 12.6. The van der Waals surface area contributed by atoms with E-state index in [0.29, 0.717) is 35.7 Å². The molecule has 2 aromatic rings. The van der Waals surface area contributed by atoms with E-state index >= 15 is 0 Å². The summed E-state index contributed by atoms with van der Waals surface area (Å²) in [5.74, 6) is -0.0301. The molecule has 0 aliphatic rings. The first-order valence-electron chi connectivity index (χ1n) is 6.65. The number of hydrogen-bond acceptors (Lipinski definition) is 3. The zero-order chi connectivity index (χ0) is 15.2. The van der Waals surface area contributed by atoms with E-state index in [0.717, 1.165) is 0 Å². The Morgan fingerprint density at radius 2 is 1.86 bits per heavy atom. The highest BCUT2D eigenvalue weighted by atomic mass is 19.1. The van der Waals surface area contributed by atoms with Gasteiger partial charge in [0.2, 0.25) is 0 Å². The Morgan fingerprint density at radius 3 is 2.57 bits per heavy atom. The van der Waals surface area contributed by atoms with Gasteiger partial charge in [-0.05, 0) is 42.8 Å². The zero-order valence-electron chi connectivity index (χ0n) is 12.1. The third-order valence-electron chi connectivity index (χ3n) is 3.11. The maximum atomic E-state index is 13.1. The monoisotopic (exact) mass is 288 g/mol. The van der Waals surface area contributed by atoms with Crippen LogP contribution in [0.3, 0.4) is 0 Å². The molecule has 0 aromatic heterocycles. The quantitative estimate of drug-likeness (QED) is 0.604. The molecular formula is C17H17FO3. The molecule has 0 N–H and O–H groups in total. The van der Waals surface area contributed by atoms with Gasteiger partial charge in [0, 0.05) is 12.7 Å². The highest BCUT2D eigenvalue weighted by molar-refractivity contribution is 6.11. The number of aryl methyl sites for hydroxylation is 1. The van der Waals surface area contributed by atoms with Gasteiger partial charge in [0.25, 0.3) is 0 Å². The van der Waals surface area contributed by atoms with Gasteiger partial charge >= 0.3 is 0 Å². The van der Waals surface area contributed by atoms with Crippen LogP contribution in [0.5, 0.6) is 5.75 Å². The lowest BCUT2D eigenvalue weighted by molar-refractivity contribution is 0.103. The second-order valence-electron chi connectivity index (χ2n) is 4.63. The molecule has 0 saturated heterocycles. The maximum Gasteiger partial charge on any atom is 0.197 e. The van der Waals surface area contributed by atoms with Crippen LogP contribution in [0, 0.1) is 12.7 Å². The van der Waals surface area contributed by atoms with E-state index in [4.69, 9.17) is 9.47 Å². The van der Waals surface area contributed by atoms with E-state index in [-0.39, 0.29) is 11.6 Å². The molecule has 3 nitrogen and oxygen atoms in total. The van der Waals surface area contributed by atoms with Gasteiger partial charge in [0.1, 0.15) is 18.2 Å². The van der Waals surface area contributed by atoms with Crippen LogP contribution < -0.4 is 4.74 Å². The smallest absolute Gasteiger partial charge is 0.197 e. The Morgan fingerprint density at radius 1 is 1.10 bits per heavy atom. The van der Waals surface area contributed by atoms with Crippen molar-refractivity contribution >= 4 is 5.78 Å². The minimum Gasteiger partial charge on any atom is -0.490 e. The highest BCUT2D eigenvalue weighted by Crippen LogP contribution is 2.23. The molecule has 0 aliphatic carbocycles. The standard InChI is InChI=1S/C17H17FO3/c1-12-11-13(18)7-8-14(12)17(19)15-5-3-4-6-16(15)21-10-9-20-2/h3-8,11H,9-10H2,1-2H3. The number of carbonyl (C=O) groups is 1. The van der Waals surface area contributed by atoms with Crippen LogP contribution in [0.15, 0.2) is 42.5 Å². The molecule has 0 aliphatic heterocycles. The van der Waals surface area contributed by atoms with Gasteiger partial charge in [-0.1, -0.05) is 12.1 Å². The van der Waals surface area contributed by atoms with Crippen molar-refractivity contribution in [1.29, 1.82) is 0 Å². The van der Waals surface area contributed by atoms with Gasteiger partial charge in [0.05, 0.1) is 12.2 Å². The van der Waals surface area contributed by atoms with Crippen LogP contribution >= 0.6 is 0 Å². The van der Waals surface area contributed by atoms with Crippen molar-refractivity contribution in [2.45, 2.75) is 6.92 Å². The third-order valence-corrected chi connectivity index (χ3v) is 3.11. The van der Waals surface area contributed by atoms with E-state index in [1.165, 1.54) is 18.2 Å². The Labute approximate surface area is 123 Å². The fourth-order valence-electron chi connectivity index (χ4n) is 2.04. The first-order chi connectivity index (χ1) is 10.1. The molecule has 0 bridgehead atoms. The van der Waals surface area contributed by atoms with Crippen LogP contribution in [0.2, 0.25) is 0 Å². The summed E-state index contributed by atoms with van der Waals surface area (Å²) in [7, 11) is 1.59. The fraction of sp³-hybridized carbons (Fsp3) is 0.235. The summed E-state index contributed by atoms with van der Waals surface area (Å²) in [6, 6.07) is 11.1. The molecule has 0 unspecified atom stereocenters. The van der Waals surface area contributed by atoms with Crippen LogP contribution in [0.4, 0.5) is 4.39 Å². The Balaban J connectivity index is 2.30. The van der Waals surface area contributed by atoms with Crippen LogP contribution in [-0.2, 0) is 4.74 Å². The minimum absolute atomic E-state index is 0.180. The molecule has 2 rings (SSSR count). The average Bonchev–Trinajstić information content (AvgIpc) is 2.47. The summed E-state index contributed by atoms with van der Waals surface area (Å²) in [6.07, 6.45) is 0. The summed E-state index contributed by atoms with van der Waals surface area (Å²) in [5.41, 5.74) is 1.54. The maximum absolute atomic E-state index is 13.1. The summed E-state index contributed by atoms with van der Waals surface area (Å²) >= 11 is 0. The molecule has 4 heteroatoms. The number of ether oxygens (including phenoxy) is 2. The first-order valence-corrected chi connectivity index (χ1v) is 6.65. The van der Waals surface area contributed by atoms with Crippen LogP contribution in [-0.4, -0.2) is 26.1 Å². The number of halogens is 1. The number of carbonyl (C=O) groups excluding carboxylic acids is 1. The molecular weight excluding hydrogens is 271 g/mol. The molecule has 0 saturated carbocycles. The molecule has 0 fully saturated rings. The van der Waals surface area contributed by atoms with E-state index in [2.05, 4.69) is 0 Å². The van der Waals surface area contributed by atoms with Gasteiger partial charge in [-0.15, -0.1) is 0 Å². The summed E-state index contributed by atoms with van der Waals surface area (Å²) < 4.78 is 23.6. The fourth-order valence-corrected chi connectivity index (χ4v) is 2.04. The van der Waals surface area contributed by atoms with Crippen LogP contribution in [0.1, 0.15) is 21.5 Å². The number of ketones is 1. The Bertz CT molecular complexity index is 638. The summed E-state index contributed by atoms with van der Waals surface area (Å²) in [5, 5.41) is 0. The number of methoxy groups -OCH3 is 1. The van der Waals surface area contributed by atoms with Crippen molar-refractivity contribution in [1.82, 2.24) is 0 Å². The predicted molar refractivity (Wildman–Crippen MR) is 78.4 cm³/mol. The van der Waals surface area contributed by atoms with Crippen molar-refractivity contribution in [3.63, 3.8) is 0 Å². The van der Waals surface area contributed by atoms with E-state index in [9.17, 15) is 9.18 Å². The van der Waals surface area contributed by atoms with Crippen molar-refractivity contribution in [2.75, 3.05) is 20.3 Å². The van der Waals surface area contributed by atoms with E-state index in [1.807, 2.05) is 0 Å². The highest BCUT2D eigenvalue weighted by Gasteiger charge is 2.16. The largest absolute Gasteiger partial charge is 0.490 e. The van der Waals surface area contributed by atoms with Gasteiger partial charge in [-0.3, -0.25) is 4.79 Å². The Kier molecular flexibility index (Phi) is 5.06.